The van der Waals surface area contributed by atoms with Crippen LogP contribution in [0.15, 0.2) is 73.1 Å². The predicted octanol–water partition coefficient (Wildman–Crippen LogP) is 3.13. The molecule has 0 bridgehead atoms. The van der Waals surface area contributed by atoms with Crippen molar-refractivity contribution in [2.75, 3.05) is 6.61 Å². The van der Waals surface area contributed by atoms with Crippen LogP contribution < -0.4 is 0 Å². The van der Waals surface area contributed by atoms with E-state index >= 15 is 0 Å². The highest BCUT2D eigenvalue weighted by atomic mass is 16.5. The van der Waals surface area contributed by atoms with E-state index in [0.717, 1.165) is 16.7 Å². The van der Waals surface area contributed by atoms with Gasteiger partial charge in [-0.25, -0.2) is 0 Å². The molecule has 118 valence electrons. The quantitative estimate of drug-likeness (QED) is 0.729. The fraction of sp³-hybridized carbons (Fsp3) is 0.211. The molecule has 4 heteroatoms. The first-order valence-corrected chi connectivity index (χ1v) is 7.69. The lowest BCUT2D eigenvalue weighted by molar-refractivity contribution is 0.0187. The number of benzene rings is 2. The van der Waals surface area contributed by atoms with Crippen molar-refractivity contribution in [1.29, 1.82) is 0 Å². The minimum Gasteiger partial charge on any atom is -0.389 e. The summed E-state index contributed by atoms with van der Waals surface area (Å²) in [6.07, 6.45) is 3.17. The molecule has 0 saturated carbocycles. The summed E-state index contributed by atoms with van der Waals surface area (Å²) in [5.74, 6) is 0. The van der Waals surface area contributed by atoms with Gasteiger partial charge in [-0.3, -0.25) is 4.68 Å². The summed E-state index contributed by atoms with van der Waals surface area (Å²) in [5.41, 5.74) is 3.27. The summed E-state index contributed by atoms with van der Waals surface area (Å²) < 4.78 is 7.30. The minimum absolute atomic E-state index is 0.287. The molecule has 0 saturated heterocycles. The second-order valence-corrected chi connectivity index (χ2v) is 5.47. The van der Waals surface area contributed by atoms with E-state index in [1.165, 1.54) is 0 Å². The van der Waals surface area contributed by atoms with Crippen molar-refractivity contribution in [3.05, 3.63) is 78.6 Å². The van der Waals surface area contributed by atoms with Gasteiger partial charge >= 0.3 is 0 Å². The van der Waals surface area contributed by atoms with Crippen molar-refractivity contribution in [3.63, 3.8) is 0 Å². The molecule has 23 heavy (non-hydrogen) atoms. The highest BCUT2D eigenvalue weighted by molar-refractivity contribution is 5.61. The first kappa shape index (κ1) is 15.5. The van der Waals surface area contributed by atoms with E-state index < -0.39 is 6.10 Å². The third kappa shape index (κ3) is 4.52. The van der Waals surface area contributed by atoms with Gasteiger partial charge in [0.15, 0.2) is 0 Å². The monoisotopic (exact) mass is 308 g/mol. The topological polar surface area (TPSA) is 47.3 Å². The van der Waals surface area contributed by atoms with E-state index in [9.17, 15) is 5.11 Å². The molecule has 4 nitrogen and oxygen atoms in total. The van der Waals surface area contributed by atoms with Gasteiger partial charge in [-0.05, 0) is 11.1 Å². The fourth-order valence-electron chi connectivity index (χ4n) is 2.40. The van der Waals surface area contributed by atoms with Crippen LogP contribution in [0.25, 0.3) is 11.1 Å². The second-order valence-electron chi connectivity index (χ2n) is 5.47. The minimum atomic E-state index is -0.581. The van der Waals surface area contributed by atoms with Crippen molar-refractivity contribution in [1.82, 2.24) is 9.78 Å². The Morgan fingerprint density at radius 1 is 0.957 bits per heavy atom. The van der Waals surface area contributed by atoms with E-state index in [0.29, 0.717) is 13.2 Å². The zero-order valence-corrected chi connectivity index (χ0v) is 12.9. The highest BCUT2D eigenvalue weighted by Gasteiger charge is 2.08. The van der Waals surface area contributed by atoms with Gasteiger partial charge in [-0.15, -0.1) is 0 Å². The van der Waals surface area contributed by atoms with E-state index in [2.05, 4.69) is 5.10 Å². The molecule has 3 rings (SSSR count). The summed E-state index contributed by atoms with van der Waals surface area (Å²) in [4.78, 5) is 0. The Labute approximate surface area is 136 Å². The van der Waals surface area contributed by atoms with Gasteiger partial charge in [-0.2, -0.15) is 5.10 Å². The SMILES string of the molecule is OC(COCc1ccccc1)Cn1cc(-c2ccccc2)cn1. The summed E-state index contributed by atoms with van der Waals surface area (Å²) in [5, 5.41) is 14.4. The molecule has 1 N–H and O–H groups in total. The largest absolute Gasteiger partial charge is 0.389 e. The van der Waals surface area contributed by atoms with Gasteiger partial charge in [0.25, 0.3) is 0 Å². The Morgan fingerprint density at radius 3 is 2.39 bits per heavy atom. The van der Waals surface area contributed by atoms with E-state index in [4.69, 9.17) is 4.74 Å². The molecule has 0 aliphatic rings. The lowest BCUT2D eigenvalue weighted by Crippen LogP contribution is -2.22. The fourth-order valence-corrected chi connectivity index (χ4v) is 2.40. The van der Waals surface area contributed by atoms with Gasteiger partial charge < -0.3 is 9.84 Å². The third-order valence-corrected chi connectivity index (χ3v) is 3.56. The number of hydrogen-bond donors (Lipinski definition) is 1. The maximum absolute atomic E-state index is 10.1. The number of nitrogens with zero attached hydrogens (tertiary/aromatic N) is 2. The third-order valence-electron chi connectivity index (χ3n) is 3.56. The van der Waals surface area contributed by atoms with Crippen LogP contribution in [0, 0.1) is 0 Å². The van der Waals surface area contributed by atoms with Crippen molar-refractivity contribution < 1.29 is 9.84 Å². The molecule has 1 heterocycles. The van der Waals surface area contributed by atoms with Crippen LogP contribution in [0.3, 0.4) is 0 Å². The van der Waals surface area contributed by atoms with Crippen LogP contribution in [0.4, 0.5) is 0 Å². The van der Waals surface area contributed by atoms with Crippen LogP contribution in [0.1, 0.15) is 5.56 Å². The first-order valence-electron chi connectivity index (χ1n) is 7.69. The molecule has 0 radical (unpaired) electrons. The molecule has 0 fully saturated rings. The predicted molar refractivity (Wildman–Crippen MR) is 89.8 cm³/mol. The standard InChI is InChI=1S/C19H20N2O2/c22-19(15-23-14-16-7-3-1-4-8-16)13-21-12-18(11-20-21)17-9-5-2-6-10-17/h1-12,19,22H,13-15H2. The number of rotatable bonds is 7. The van der Waals surface area contributed by atoms with Gasteiger partial charge in [0.05, 0.1) is 32.1 Å². The number of ether oxygens (including phenoxy) is 1. The van der Waals surface area contributed by atoms with Gasteiger partial charge in [0.2, 0.25) is 0 Å². The van der Waals surface area contributed by atoms with E-state index in [1.54, 1.807) is 4.68 Å². The Kier molecular flexibility index (Phi) is 5.19. The summed E-state index contributed by atoms with van der Waals surface area (Å²) in [6, 6.07) is 20.0. The lowest BCUT2D eigenvalue weighted by atomic mass is 10.1. The average molecular weight is 308 g/mol. The summed E-state index contributed by atoms with van der Waals surface area (Å²) >= 11 is 0. The normalized spacial score (nSPS) is 12.2. The molecule has 0 spiro atoms. The Hall–Kier alpha value is -2.43. The Balaban J connectivity index is 1.48. The molecule has 1 atom stereocenters. The smallest absolute Gasteiger partial charge is 0.0969 e. The van der Waals surface area contributed by atoms with Gasteiger partial charge in [0.1, 0.15) is 0 Å². The first-order chi connectivity index (χ1) is 11.3. The van der Waals surface area contributed by atoms with Gasteiger partial charge in [0, 0.05) is 11.8 Å². The lowest BCUT2D eigenvalue weighted by Gasteiger charge is -2.11. The van der Waals surface area contributed by atoms with E-state index in [-0.39, 0.29) is 6.61 Å². The molecule has 0 amide bonds. The molecule has 2 aromatic carbocycles. The number of aliphatic hydroxyl groups is 1. The summed E-state index contributed by atoms with van der Waals surface area (Å²) in [7, 11) is 0. The number of aliphatic hydroxyl groups excluding tert-OH is 1. The molecule has 0 aliphatic heterocycles. The van der Waals surface area contributed by atoms with Crippen LogP contribution in [-0.2, 0) is 17.9 Å². The molecular formula is C19H20N2O2. The number of aromatic nitrogens is 2. The molecule has 3 aromatic rings. The van der Waals surface area contributed by atoms with Crippen LogP contribution in [0.5, 0.6) is 0 Å². The Bertz CT molecular complexity index is 711. The van der Waals surface area contributed by atoms with Crippen LogP contribution in [0.2, 0.25) is 0 Å². The maximum Gasteiger partial charge on any atom is 0.0969 e. The molecular weight excluding hydrogens is 288 g/mol. The molecule has 1 aromatic heterocycles. The molecule has 1 unspecified atom stereocenters. The van der Waals surface area contributed by atoms with Crippen molar-refractivity contribution in [2.45, 2.75) is 19.3 Å². The average Bonchev–Trinajstić information content (AvgIpc) is 3.05. The van der Waals surface area contributed by atoms with Crippen molar-refractivity contribution >= 4 is 0 Å². The highest BCUT2D eigenvalue weighted by Crippen LogP contribution is 2.17. The maximum atomic E-state index is 10.1. The second kappa shape index (κ2) is 7.72. The Morgan fingerprint density at radius 2 is 1.65 bits per heavy atom. The number of hydrogen-bond acceptors (Lipinski definition) is 3. The van der Waals surface area contributed by atoms with Crippen molar-refractivity contribution in [3.8, 4) is 11.1 Å². The molecule has 0 aliphatic carbocycles. The zero-order valence-electron chi connectivity index (χ0n) is 12.9. The van der Waals surface area contributed by atoms with E-state index in [1.807, 2.05) is 73.1 Å². The van der Waals surface area contributed by atoms with Crippen LogP contribution >= 0.6 is 0 Å². The van der Waals surface area contributed by atoms with Crippen molar-refractivity contribution in [2.24, 2.45) is 0 Å². The van der Waals surface area contributed by atoms with Crippen LogP contribution in [-0.4, -0.2) is 27.6 Å². The summed E-state index contributed by atoms with van der Waals surface area (Å²) in [6.45, 7) is 1.21. The zero-order chi connectivity index (χ0) is 15.9. The van der Waals surface area contributed by atoms with Gasteiger partial charge in [-0.1, -0.05) is 60.7 Å².